The maximum atomic E-state index is 11.5. The summed E-state index contributed by atoms with van der Waals surface area (Å²) in [5.41, 5.74) is 1.15. The zero-order chi connectivity index (χ0) is 20.3. The van der Waals surface area contributed by atoms with Crippen molar-refractivity contribution in [3.05, 3.63) is 52.6 Å². The van der Waals surface area contributed by atoms with Crippen molar-refractivity contribution in [1.29, 1.82) is 0 Å². The minimum atomic E-state index is -0.573. The van der Waals surface area contributed by atoms with Crippen LogP contribution in [0.1, 0.15) is 33.6 Å². The van der Waals surface area contributed by atoms with Crippen molar-refractivity contribution in [3.63, 3.8) is 0 Å². The van der Waals surface area contributed by atoms with Crippen LogP contribution in [-0.4, -0.2) is 30.5 Å². The average molecular weight is 386 g/mol. The van der Waals surface area contributed by atoms with Crippen molar-refractivity contribution in [2.75, 3.05) is 13.7 Å². The van der Waals surface area contributed by atoms with Gasteiger partial charge in [0.25, 0.3) is 0 Å². The van der Waals surface area contributed by atoms with Crippen LogP contribution in [0.3, 0.4) is 0 Å². The number of hydrogen-bond donors (Lipinski definition) is 1. The highest BCUT2D eigenvalue weighted by atomic mass is 16.5. The predicted octanol–water partition coefficient (Wildman–Crippen LogP) is 4.43. The molecule has 0 saturated heterocycles. The fourth-order valence-corrected chi connectivity index (χ4v) is 2.98. The average Bonchev–Trinajstić information content (AvgIpc) is 3.13. The van der Waals surface area contributed by atoms with Crippen molar-refractivity contribution in [1.82, 2.24) is 0 Å². The summed E-state index contributed by atoms with van der Waals surface area (Å²) in [6.07, 6.45) is 4.36. The number of hydrogen-bond acceptors (Lipinski definition) is 6. The first-order valence-electron chi connectivity index (χ1n) is 9.27. The summed E-state index contributed by atoms with van der Waals surface area (Å²) in [4.78, 5) is 11.5. The lowest BCUT2D eigenvalue weighted by molar-refractivity contribution is -0.0797. The molecule has 6 nitrogen and oxygen atoms in total. The van der Waals surface area contributed by atoms with Crippen LogP contribution in [0, 0.1) is 0 Å². The number of aliphatic hydroxyl groups excluding tert-OH is 1. The van der Waals surface area contributed by atoms with E-state index in [0.717, 1.165) is 22.8 Å². The number of allylic oxidation sites excluding steroid dienone is 1. The number of benzene rings is 1. The first kappa shape index (κ1) is 20.2. The molecule has 0 fully saturated rings. The third-order valence-corrected chi connectivity index (χ3v) is 5.11. The SMILES string of the molecule is COC(C)(C)[C@H](O)CC/C(C)=C\COc1c2ccoc2cc2oc(=O)ccc12. The minimum Gasteiger partial charge on any atom is -0.488 e. The van der Waals surface area contributed by atoms with E-state index in [1.165, 1.54) is 6.07 Å². The van der Waals surface area contributed by atoms with Crippen LogP contribution < -0.4 is 10.4 Å². The highest BCUT2D eigenvalue weighted by Crippen LogP contribution is 2.35. The molecule has 0 aliphatic heterocycles. The molecule has 0 saturated carbocycles. The molecular weight excluding hydrogens is 360 g/mol. The van der Waals surface area contributed by atoms with E-state index in [9.17, 15) is 9.90 Å². The van der Waals surface area contributed by atoms with E-state index in [2.05, 4.69) is 0 Å². The smallest absolute Gasteiger partial charge is 0.336 e. The van der Waals surface area contributed by atoms with Gasteiger partial charge in [0, 0.05) is 19.2 Å². The van der Waals surface area contributed by atoms with Crippen LogP contribution >= 0.6 is 0 Å². The topological polar surface area (TPSA) is 82.0 Å². The zero-order valence-electron chi connectivity index (χ0n) is 16.7. The van der Waals surface area contributed by atoms with Crippen molar-refractivity contribution in [2.24, 2.45) is 0 Å². The highest BCUT2D eigenvalue weighted by Gasteiger charge is 2.26. The van der Waals surface area contributed by atoms with Crippen molar-refractivity contribution in [2.45, 2.75) is 45.3 Å². The van der Waals surface area contributed by atoms with Gasteiger partial charge in [-0.3, -0.25) is 0 Å². The number of rotatable bonds is 8. The molecule has 1 aromatic carbocycles. The third kappa shape index (κ3) is 4.29. The van der Waals surface area contributed by atoms with Crippen molar-refractivity contribution in [3.8, 4) is 5.75 Å². The van der Waals surface area contributed by atoms with E-state index in [1.807, 2.05) is 32.9 Å². The molecule has 3 aromatic rings. The van der Waals surface area contributed by atoms with E-state index in [-0.39, 0.29) is 0 Å². The van der Waals surface area contributed by atoms with Gasteiger partial charge in [-0.25, -0.2) is 4.79 Å². The van der Waals surface area contributed by atoms with E-state index in [0.29, 0.717) is 29.9 Å². The van der Waals surface area contributed by atoms with Gasteiger partial charge in [0.1, 0.15) is 23.5 Å². The Hall–Kier alpha value is -2.57. The molecule has 0 radical (unpaired) electrons. The van der Waals surface area contributed by atoms with Crippen molar-refractivity contribution < 1.29 is 23.4 Å². The first-order valence-corrected chi connectivity index (χ1v) is 9.27. The quantitative estimate of drug-likeness (QED) is 0.456. The molecular formula is C22H26O6. The molecule has 2 heterocycles. The molecule has 0 bridgehead atoms. The lowest BCUT2D eigenvalue weighted by Crippen LogP contribution is -2.37. The van der Waals surface area contributed by atoms with Crippen LogP contribution in [0.2, 0.25) is 0 Å². The molecule has 0 spiro atoms. The molecule has 0 aliphatic rings. The number of fused-ring (bicyclic) bond motifs is 2. The van der Waals surface area contributed by atoms with E-state index < -0.39 is 17.3 Å². The van der Waals surface area contributed by atoms with Gasteiger partial charge in [0.2, 0.25) is 0 Å². The predicted molar refractivity (Wildman–Crippen MR) is 108 cm³/mol. The number of ether oxygens (including phenoxy) is 2. The van der Waals surface area contributed by atoms with Crippen LogP contribution in [0.4, 0.5) is 0 Å². The molecule has 3 rings (SSSR count). The summed E-state index contributed by atoms with van der Waals surface area (Å²) < 4.78 is 22.0. The van der Waals surface area contributed by atoms with Crippen LogP contribution in [0.5, 0.6) is 5.75 Å². The standard InChI is InChI=1S/C22H26O6/c1-14(5-7-19(23)22(2,3)25-4)9-11-27-21-15-6-8-20(24)28-18(15)13-17-16(21)10-12-26-17/h6,8-10,12-13,19,23H,5,7,11H2,1-4H3/b14-9-/t19-/m1/s1. The molecule has 0 amide bonds. The molecule has 150 valence electrons. The van der Waals surface area contributed by atoms with Crippen molar-refractivity contribution >= 4 is 21.9 Å². The Kier molecular flexibility index (Phi) is 5.91. The van der Waals surface area contributed by atoms with E-state index >= 15 is 0 Å². The van der Waals surface area contributed by atoms with Gasteiger partial charge in [0.05, 0.1) is 28.7 Å². The van der Waals surface area contributed by atoms with Gasteiger partial charge in [0.15, 0.2) is 0 Å². The second kappa shape index (κ2) is 8.20. The first-order chi connectivity index (χ1) is 13.3. The molecule has 0 aliphatic carbocycles. The van der Waals surface area contributed by atoms with Gasteiger partial charge >= 0.3 is 5.63 Å². The van der Waals surface area contributed by atoms with Crippen LogP contribution in [-0.2, 0) is 4.74 Å². The lowest BCUT2D eigenvalue weighted by Gasteiger charge is -2.29. The second-order valence-electron chi connectivity index (χ2n) is 7.43. The third-order valence-electron chi connectivity index (χ3n) is 5.11. The Labute approximate surface area is 163 Å². The van der Waals surface area contributed by atoms with E-state index in [4.69, 9.17) is 18.3 Å². The monoisotopic (exact) mass is 386 g/mol. The Morgan fingerprint density at radius 2 is 2.00 bits per heavy atom. The molecule has 6 heteroatoms. The largest absolute Gasteiger partial charge is 0.488 e. The van der Waals surface area contributed by atoms with Crippen LogP contribution in [0.25, 0.3) is 21.9 Å². The Morgan fingerprint density at radius 1 is 1.25 bits per heavy atom. The molecule has 1 atom stereocenters. The summed E-state index contributed by atoms with van der Waals surface area (Å²) >= 11 is 0. The Bertz CT molecular complexity index is 1040. The second-order valence-corrected chi connectivity index (χ2v) is 7.43. The highest BCUT2D eigenvalue weighted by molar-refractivity contribution is 6.01. The zero-order valence-corrected chi connectivity index (χ0v) is 16.7. The summed E-state index contributed by atoms with van der Waals surface area (Å²) in [6.45, 7) is 6.10. The van der Waals surface area contributed by atoms with Gasteiger partial charge in [-0.1, -0.05) is 5.57 Å². The number of aliphatic hydroxyl groups is 1. The Morgan fingerprint density at radius 3 is 2.75 bits per heavy atom. The van der Waals surface area contributed by atoms with Gasteiger partial charge in [-0.2, -0.15) is 0 Å². The normalized spacial score (nSPS) is 14.0. The summed E-state index contributed by atoms with van der Waals surface area (Å²) in [5.74, 6) is 0.620. The number of methoxy groups -OCH3 is 1. The molecule has 1 N–H and O–H groups in total. The van der Waals surface area contributed by atoms with Gasteiger partial charge in [-0.05, 0) is 51.8 Å². The maximum Gasteiger partial charge on any atom is 0.336 e. The van der Waals surface area contributed by atoms with Gasteiger partial charge < -0.3 is 23.4 Å². The van der Waals surface area contributed by atoms with Crippen LogP contribution in [0.15, 0.2) is 55.8 Å². The minimum absolute atomic E-state index is 0.355. The lowest BCUT2D eigenvalue weighted by atomic mass is 9.95. The summed E-state index contributed by atoms with van der Waals surface area (Å²) in [7, 11) is 1.60. The molecule has 2 aromatic heterocycles. The summed E-state index contributed by atoms with van der Waals surface area (Å²) in [5, 5.41) is 11.8. The number of furan rings is 1. The summed E-state index contributed by atoms with van der Waals surface area (Å²) in [6, 6.07) is 6.60. The van der Waals surface area contributed by atoms with Gasteiger partial charge in [-0.15, -0.1) is 0 Å². The molecule has 28 heavy (non-hydrogen) atoms. The van der Waals surface area contributed by atoms with E-state index in [1.54, 1.807) is 25.5 Å². The Balaban J connectivity index is 1.73. The molecule has 0 unspecified atom stereocenters. The fourth-order valence-electron chi connectivity index (χ4n) is 2.98. The maximum absolute atomic E-state index is 11.5. The fraction of sp³-hybridized carbons (Fsp3) is 0.409.